The minimum Gasteiger partial charge on any atom is -0.331 e. The highest BCUT2D eigenvalue weighted by Crippen LogP contribution is 2.60. The summed E-state index contributed by atoms with van der Waals surface area (Å²) in [5.41, 5.74) is 0. The Bertz CT molecular complexity index is 203. The van der Waals surface area contributed by atoms with Crippen LogP contribution in [0, 0.1) is 5.28 Å². The Morgan fingerprint density at radius 3 is 1.71 bits per heavy atom. The fourth-order valence-electron chi connectivity index (χ4n) is 0.982. The van der Waals surface area contributed by atoms with Gasteiger partial charge in [0.2, 0.25) is 0 Å². The number of rotatable bonds is 6. The molecule has 0 aliphatic heterocycles. The SMILES string of the molecule is CCOP(=O)(OCC)[C-](C)[Si](C)(C)C. The van der Waals surface area contributed by atoms with E-state index in [1.54, 1.807) is 0 Å². The van der Waals surface area contributed by atoms with Crippen molar-refractivity contribution in [2.24, 2.45) is 0 Å². The molecule has 0 amide bonds. The van der Waals surface area contributed by atoms with E-state index in [4.69, 9.17) is 9.05 Å². The number of hydrogen-bond donors (Lipinski definition) is 0. The van der Waals surface area contributed by atoms with Crippen LogP contribution < -0.4 is 0 Å². The van der Waals surface area contributed by atoms with E-state index in [0.29, 0.717) is 13.2 Å². The predicted molar refractivity (Wildman–Crippen MR) is 63.1 cm³/mol. The average molecular weight is 237 g/mol. The summed E-state index contributed by atoms with van der Waals surface area (Å²) in [5, 5.41) is 0.925. The lowest BCUT2D eigenvalue weighted by atomic mass is 10.9. The van der Waals surface area contributed by atoms with E-state index in [2.05, 4.69) is 19.6 Å². The van der Waals surface area contributed by atoms with Crippen molar-refractivity contribution in [2.45, 2.75) is 40.4 Å². The van der Waals surface area contributed by atoms with Crippen LogP contribution in [0.4, 0.5) is 0 Å². The molecule has 0 aromatic heterocycles. The predicted octanol–water partition coefficient (Wildman–Crippen LogP) is 3.68. The normalized spacial score (nSPS) is 13.6. The minimum atomic E-state index is -2.95. The first-order valence-corrected chi connectivity index (χ1v) is 10.1. The molecular formula is C9H22O3PSi-. The van der Waals surface area contributed by atoms with E-state index in [9.17, 15) is 4.57 Å². The first-order valence-electron chi connectivity index (χ1n) is 5.01. The van der Waals surface area contributed by atoms with Crippen molar-refractivity contribution in [1.82, 2.24) is 0 Å². The van der Waals surface area contributed by atoms with Gasteiger partial charge in [-0.25, -0.2) is 0 Å². The summed E-state index contributed by atoms with van der Waals surface area (Å²) in [6.07, 6.45) is 0. The van der Waals surface area contributed by atoms with Gasteiger partial charge in [-0.1, -0.05) is 27.7 Å². The van der Waals surface area contributed by atoms with Gasteiger partial charge in [0, 0.05) is 0 Å². The van der Waals surface area contributed by atoms with Gasteiger partial charge in [0.25, 0.3) is 0 Å². The van der Waals surface area contributed by atoms with Crippen molar-refractivity contribution in [1.29, 1.82) is 0 Å². The molecule has 0 spiro atoms. The van der Waals surface area contributed by atoms with Crippen LogP contribution in [0.5, 0.6) is 0 Å². The highest BCUT2D eigenvalue weighted by Gasteiger charge is 2.27. The van der Waals surface area contributed by atoms with Gasteiger partial charge in [-0.05, 0) is 13.8 Å². The van der Waals surface area contributed by atoms with Gasteiger partial charge in [-0.3, -0.25) is 4.57 Å². The minimum absolute atomic E-state index is 0.430. The Hall–Kier alpha value is 0.367. The molecule has 0 fully saturated rings. The second kappa shape index (κ2) is 5.45. The van der Waals surface area contributed by atoms with Crippen molar-refractivity contribution in [3.8, 4) is 0 Å². The summed E-state index contributed by atoms with van der Waals surface area (Å²) in [7, 11) is -4.52. The topological polar surface area (TPSA) is 35.5 Å². The zero-order valence-corrected chi connectivity index (χ0v) is 12.0. The molecule has 0 bridgehead atoms. The number of hydrogen-bond acceptors (Lipinski definition) is 3. The summed E-state index contributed by atoms with van der Waals surface area (Å²) < 4.78 is 22.9. The Morgan fingerprint density at radius 1 is 1.14 bits per heavy atom. The third kappa shape index (κ3) is 3.85. The Balaban J connectivity index is 4.73. The zero-order chi connectivity index (χ0) is 11.4. The zero-order valence-electron chi connectivity index (χ0n) is 10.1. The van der Waals surface area contributed by atoms with E-state index in [1.807, 2.05) is 20.8 Å². The van der Waals surface area contributed by atoms with Gasteiger partial charge in [-0.15, -0.1) is 0 Å². The summed E-state index contributed by atoms with van der Waals surface area (Å²) in [4.78, 5) is 0. The molecule has 0 saturated heterocycles. The monoisotopic (exact) mass is 237 g/mol. The van der Waals surface area contributed by atoms with Crippen LogP contribution in [-0.4, -0.2) is 21.3 Å². The second-order valence-electron chi connectivity index (χ2n) is 4.17. The second-order valence-corrected chi connectivity index (χ2v) is 12.0. The molecule has 0 heterocycles. The Kier molecular flexibility index (Phi) is 5.59. The smallest absolute Gasteiger partial charge is 0.188 e. The summed E-state index contributed by atoms with van der Waals surface area (Å²) >= 11 is 0. The quantitative estimate of drug-likeness (QED) is 0.401. The van der Waals surface area contributed by atoms with Crippen LogP contribution in [-0.2, 0) is 13.6 Å². The molecule has 14 heavy (non-hydrogen) atoms. The lowest BCUT2D eigenvalue weighted by Gasteiger charge is -2.44. The van der Waals surface area contributed by atoms with Crippen molar-refractivity contribution >= 4 is 15.7 Å². The maximum absolute atomic E-state index is 12.3. The highest BCUT2D eigenvalue weighted by molar-refractivity contribution is 7.61. The Labute approximate surface area is 88.7 Å². The molecule has 0 rings (SSSR count). The molecule has 0 unspecified atom stereocenters. The summed E-state index contributed by atoms with van der Waals surface area (Å²) in [6.45, 7) is 12.9. The van der Waals surface area contributed by atoms with Crippen molar-refractivity contribution < 1.29 is 13.6 Å². The molecule has 5 heteroatoms. The van der Waals surface area contributed by atoms with Gasteiger partial charge in [0.15, 0.2) is 7.60 Å². The maximum atomic E-state index is 12.3. The standard InChI is InChI=1S/C9H22O3PSi/c1-7-11-13(10,12-8-2)9(3)14(4,5)6/h7-8H2,1-6H3/q-1. The lowest BCUT2D eigenvalue weighted by molar-refractivity contribution is 0.224. The van der Waals surface area contributed by atoms with E-state index in [-0.39, 0.29) is 0 Å². The van der Waals surface area contributed by atoms with Gasteiger partial charge >= 0.3 is 0 Å². The molecule has 3 nitrogen and oxygen atoms in total. The van der Waals surface area contributed by atoms with Gasteiger partial charge in [0.05, 0.1) is 13.2 Å². The lowest BCUT2D eigenvalue weighted by Crippen LogP contribution is -2.30. The van der Waals surface area contributed by atoms with E-state index >= 15 is 0 Å². The molecule has 0 radical (unpaired) electrons. The highest BCUT2D eigenvalue weighted by atomic mass is 31.2. The van der Waals surface area contributed by atoms with Crippen LogP contribution >= 0.6 is 7.60 Å². The molecular weight excluding hydrogens is 215 g/mol. The van der Waals surface area contributed by atoms with Crippen LogP contribution in [0.2, 0.25) is 19.6 Å². The molecule has 0 aromatic rings. The van der Waals surface area contributed by atoms with Crippen molar-refractivity contribution in [3.63, 3.8) is 0 Å². The third-order valence-electron chi connectivity index (χ3n) is 2.09. The summed E-state index contributed by atoms with van der Waals surface area (Å²) in [5.74, 6) is 0. The van der Waals surface area contributed by atoms with Crippen molar-refractivity contribution in [2.75, 3.05) is 13.2 Å². The van der Waals surface area contributed by atoms with Gasteiger partial charge < -0.3 is 9.05 Å². The van der Waals surface area contributed by atoms with E-state index in [1.165, 1.54) is 0 Å². The first kappa shape index (κ1) is 14.4. The van der Waals surface area contributed by atoms with E-state index in [0.717, 1.165) is 5.28 Å². The molecule has 0 atom stereocenters. The van der Waals surface area contributed by atoms with Crippen LogP contribution in [0.1, 0.15) is 20.8 Å². The summed E-state index contributed by atoms with van der Waals surface area (Å²) in [6, 6.07) is 0. The molecule has 0 aliphatic rings. The first-order chi connectivity index (χ1) is 6.28. The van der Waals surface area contributed by atoms with Gasteiger partial charge in [-0.2, -0.15) is 12.2 Å². The average Bonchev–Trinajstić information content (AvgIpc) is 2.02. The maximum Gasteiger partial charge on any atom is 0.188 e. The largest absolute Gasteiger partial charge is 0.331 e. The Morgan fingerprint density at radius 2 is 1.50 bits per heavy atom. The molecule has 0 aliphatic carbocycles. The molecule has 0 saturated carbocycles. The van der Waals surface area contributed by atoms with E-state index < -0.39 is 15.7 Å². The van der Waals surface area contributed by atoms with Crippen LogP contribution in [0.3, 0.4) is 0 Å². The van der Waals surface area contributed by atoms with Crippen LogP contribution in [0.15, 0.2) is 0 Å². The van der Waals surface area contributed by atoms with Crippen molar-refractivity contribution in [3.05, 3.63) is 5.28 Å². The fraction of sp³-hybridized carbons (Fsp3) is 0.889. The van der Waals surface area contributed by atoms with Crippen LogP contribution in [0.25, 0.3) is 0 Å². The third-order valence-corrected chi connectivity index (χ3v) is 9.12. The molecule has 0 N–H and O–H groups in total. The molecule has 86 valence electrons. The van der Waals surface area contributed by atoms with Gasteiger partial charge in [0.1, 0.15) is 0 Å². The molecule has 0 aromatic carbocycles. The fourth-order valence-corrected chi connectivity index (χ4v) is 5.80.